The Labute approximate surface area is 136 Å². The maximum Gasteiger partial charge on any atom is 0.0653 e. The van der Waals surface area contributed by atoms with Crippen LogP contribution < -0.4 is 5.32 Å². The average Bonchev–Trinajstić information content (AvgIpc) is 2.95. The lowest BCUT2D eigenvalue weighted by atomic mass is 10.0. The van der Waals surface area contributed by atoms with Gasteiger partial charge in [-0.3, -0.25) is 0 Å². The highest BCUT2D eigenvalue weighted by Crippen LogP contribution is 2.44. The fourth-order valence-corrected chi connectivity index (χ4v) is 5.40. The maximum absolute atomic E-state index is 3.73. The molecule has 0 saturated heterocycles. The summed E-state index contributed by atoms with van der Waals surface area (Å²) in [6.07, 6.45) is 4.94. The molecule has 3 rings (SSSR count). The van der Waals surface area contributed by atoms with Crippen LogP contribution in [-0.2, 0) is 6.42 Å². The van der Waals surface area contributed by atoms with E-state index in [0.717, 1.165) is 0 Å². The highest BCUT2D eigenvalue weighted by Gasteiger charge is 2.26. The van der Waals surface area contributed by atoms with Gasteiger partial charge in [-0.05, 0) is 54.0 Å². The predicted octanol–water partition coefficient (Wildman–Crippen LogP) is 6.13. The van der Waals surface area contributed by atoms with Crippen LogP contribution in [0.1, 0.15) is 50.3 Å². The van der Waals surface area contributed by atoms with E-state index in [4.69, 9.17) is 0 Å². The summed E-state index contributed by atoms with van der Waals surface area (Å²) in [6.45, 7) is 4.58. The number of thiophene rings is 1. The molecule has 2 atom stereocenters. The van der Waals surface area contributed by atoms with Crippen molar-refractivity contribution in [3.05, 3.63) is 46.8 Å². The van der Waals surface area contributed by atoms with Gasteiger partial charge in [-0.15, -0.1) is 23.1 Å². The highest BCUT2D eigenvalue weighted by molar-refractivity contribution is 8.01. The van der Waals surface area contributed by atoms with Crippen molar-refractivity contribution in [2.45, 2.75) is 55.0 Å². The van der Waals surface area contributed by atoms with Gasteiger partial charge in [-0.2, -0.15) is 0 Å². The Morgan fingerprint density at radius 3 is 2.76 bits per heavy atom. The third-order valence-electron chi connectivity index (χ3n) is 4.02. The Morgan fingerprint density at radius 2 is 2.00 bits per heavy atom. The molecule has 112 valence electrons. The van der Waals surface area contributed by atoms with Gasteiger partial charge in [0.1, 0.15) is 0 Å². The molecule has 1 aliphatic rings. The van der Waals surface area contributed by atoms with Crippen molar-refractivity contribution in [1.82, 2.24) is 0 Å². The number of nitrogens with one attached hydrogen (secondary N) is 1. The summed E-state index contributed by atoms with van der Waals surface area (Å²) < 4.78 is 1.49. The second-order valence-electron chi connectivity index (χ2n) is 5.82. The van der Waals surface area contributed by atoms with Gasteiger partial charge in [-0.1, -0.05) is 32.4 Å². The Balaban J connectivity index is 1.69. The van der Waals surface area contributed by atoms with Crippen molar-refractivity contribution in [3.63, 3.8) is 0 Å². The van der Waals surface area contributed by atoms with Crippen LogP contribution in [0.4, 0.5) is 5.69 Å². The number of unbranched alkanes of at least 4 members (excludes halogenated alkanes) is 1. The maximum atomic E-state index is 3.73. The topological polar surface area (TPSA) is 12.0 Å². The van der Waals surface area contributed by atoms with E-state index >= 15 is 0 Å². The summed E-state index contributed by atoms with van der Waals surface area (Å²) >= 11 is 3.90. The van der Waals surface area contributed by atoms with Crippen LogP contribution in [0.5, 0.6) is 0 Å². The molecule has 0 bridgehead atoms. The number of thioether (sulfide) groups is 1. The smallest absolute Gasteiger partial charge is 0.0653 e. The Bertz CT molecular complexity index is 573. The number of benzene rings is 1. The quantitative estimate of drug-likeness (QED) is 0.712. The minimum absolute atomic E-state index is 0.462. The van der Waals surface area contributed by atoms with E-state index in [0.29, 0.717) is 11.3 Å². The zero-order valence-electron chi connectivity index (χ0n) is 12.8. The lowest BCUT2D eigenvalue weighted by Crippen LogP contribution is -2.18. The van der Waals surface area contributed by atoms with Gasteiger partial charge in [-0.25, -0.2) is 0 Å². The molecule has 1 nitrogen and oxygen atoms in total. The summed E-state index contributed by atoms with van der Waals surface area (Å²) in [5.74, 6) is 0. The molecule has 0 aliphatic carbocycles. The first-order valence-corrected chi connectivity index (χ1v) is 9.61. The molecule has 0 spiro atoms. The molecular weight excluding hydrogens is 294 g/mol. The van der Waals surface area contributed by atoms with Crippen molar-refractivity contribution >= 4 is 28.8 Å². The Kier molecular flexibility index (Phi) is 4.91. The average molecular weight is 318 g/mol. The summed E-state index contributed by atoms with van der Waals surface area (Å²) in [7, 11) is 0. The van der Waals surface area contributed by atoms with Crippen molar-refractivity contribution in [2.75, 3.05) is 5.32 Å². The normalized spacial score (nSPS) is 21.0. The molecule has 1 aromatic carbocycles. The Hall–Kier alpha value is -0.930. The van der Waals surface area contributed by atoms with E-state index in [1.807, 2.05) is 23.1 Å². The summed E-state index contributed by atoms with van der Waals surface area (Å²) in [5.41, 5.74) is 4.18. The van der Waals surface area contributed by atoms with Crippen molar-refractivity contribution in [1.29, 1.82) is 0 Å². The van der Waals surface area contributed by atoms with Gasteiger partial charge in [0.15, 0.2) is 0 Å². The van der Waals surface area contributed by atoms with Crippen LogP contribution >= 0.6 is 23.1 Å². The second kappa shape index (κ2) is 6.89. The van der Waals surface area contributed by atoms with Gasteiger partial charge < -0.3 is 5.32 Å². The fourth-order valence-electron chi connectivity index (χ4n) is 2.84. The molecule has 1 aliphatic heterocycles. The zero-order valence-corrected chi connectivity index (χ0v) is 14.4. The van der Waals surface area contributed by atoms with Crippen molar-refractivity contribution in [3.8, 4) is 0 Å². The Morgan fingerprint density at radius 1 is 1.19 bits per heavy atom. The lowest BCUT2D eigenvalue weighted by Gasteiger charge is -2.28. The number of rotatable bonds is 5. The first-order valence-electron chi connectivity index (χ1n) is 7.85. The van der Waals surface area contributed by atoms with E-state index < -0.39 is 0 Å². The molecule has 0 radical (unpaired) electrons. The monoisotopic (exact) mass is 317 g/mol. The van der Waals surface area contributed by atoms with Gasteiger partial charge in [0.2, 0.25) is 0 Å². The molecule has 0 amide bonds. The van der Waals surface area contributed by atoms with E-state index in [-0.39, 0.29) is 0 Å². The number of aryl methyl sites for hydroxylation is 1. The van der Waals surface area contributed by atoms with Gasteiger partial charge >= 0.3 is 0 Å². The highest BCUT2D eigenvalue weighted by atomic mass is 32.2. The van der Waals surface area contributed by atoms with E-state index in [9.17, 15) is 0 Å². The zero-order chi connectivity index (χ0) is 14.7. The van der Waals surface area contributed by atoms with E-state index in [2.05, 4.69) is 54.9 Å². The SMILES string of the molecule is CCCCc1ccc(NC2C[C@H](C)Sc3sccc32)cc1. The van der Waals surface area contributed by atoms with Crippen LogP contribution in [0.3, 0.4) is 0 Å². The molecule has 3 heteroatoms. The predicted molar refractivity (Wildman–Crippen MR) is 95.7 cm³/mol. The summed E-state index contributed by atoms with van der Waals surface area (Å²) in [4.78, 5) is 0. The van der Waals surface area contributed by atoms with E-state index in [1.54, 1.807) is 0 Å². The standard InChI is InChI=1S/C18H23NS2/c1-3-4-5-14-6-8-15(9-7-14)19-17-12-13(2)21-18-16(17)10-11-20-18/h6-11,13,17,19H,3-5,12H2,1-2H3/t13-,17?/m0/s1. The molecular formula is C18H23NS2. The number of hydrogen-bond donors (Lipinski definition) is 1. The van der Waals surface area contributed by atoms with Crippen LogP contribution in [0.15, 0.2) is 39.9 Å². The largest absolute Gasteiger partial charge is 0.378 e. The van der Waals surface area contributed by atoms with Gasteiger partial charge in [0.05, 0.1) is 10.3 Å². The molecule has 0 fully saturated rings. The molecule has 1 N–H and O–H groups in total. The lowest BCUT2D eigenvalue weighted by molar-refractivity contribution is 0.670. The molecule has 1 unspecified atom stereocenters. The summed E-state index contributed by atoms with van der Waals surface area (Å²) in [6, 6.07) is 11.8. The number of anilines is 1. The fraction of sp³-hybridized carbons (Fsp3) is 0.444. The first-order chi connectivity index (χ1) is 10.3. The third kappa shape index (κ3) is 3.64. The molecule has 1 aromatic heterocycles. The van der Waals surface area contributed by atoms with Crippen LogP contribution in [0.2, 0.25) is 0 Å². The minimum Gasteiger partial charge on any atom is -0.378 e. The van der Waals surface area contributed by atoms with Crippen LogP contribution in [-0.4, -0.2) is 5.25 Å². The number of hydrogen-bond acceptors (Lipinski definition) is 3. The molecule has 2 heterocycles. The summed E-state index contributed by atoms with van der Waals surface area (Å²) in [5, 5.41) is 6.64. The molecule has 21 heavy (non-hydrogen) atoms. The minimum atomic E-state index is 0.462. The molecule has 0 saturated carbocycles. The van der Waals surface area contributed by atoms with Gasteiger partial charge in [0.25, 0.3) is 0 Å². The number of fused-ring (bicyclic) bond motifs is 1. The van der Waals surface area contributed by atoms with Crippen molar-refractivity contribution in [2.24, 2.45) is 0 Å². The second-order valence-corrected chi connectivity index (χ2v) is 8.45. The van der Waals surface area contributed by atoms with E-state index in [1.165, 1.54) is 46.7 Å². The van der Waals surface area contributed by atoms with Crippen LogP contribution in [0.25, 0.3) is 0 Å². The molecule has 2 aromatic rings. The third-order valence-corrected chi connectivity index (χ3v) is 6.37. The van der Waals surface area contributed by atoms with Crippen LogP contribution in [0, 0.1) is 0 Å². The van der Waals surface area contributed by atoms with Crippen molar-refractivity contribution < 1.29 is 0 Å². The first kappa shape index (κ1) is 15.0. The van der Waals surface area contributed by atoms with Gasteiger partial charge in [0, 0.05) is 10.9 Å².